The Morgan fingerprint density at radius 2 is 1.52 bits per heavy atom. The average molecular weight is 398 g/mol. The zero-order valence-electron chi connectivity index (χ0n) is 13.0. The van der Waals surface area contributed by atoms with Crippen LogP contribution < -0.4 is 9.46 Å². The highest BCUT2D eigenvalue weighted by Crippen LogP contribution is 2.13. The summed E-state index contributed by atoms with van der Waals surface area (Å²) in [7, 11) is -1.84. The van der Waals surface area contributed by atoms with Gasteiger partial charge in [0.2, 0.25) is 10.0 Å². The molecule has 0 aliphatic carbocycles. The normalized spacial score (nSPS) is 11.4. The van der Waals surface area contributed by atoms with Crippen molar-refractivity contribution in [2.45, 2.75) is 17.7 Å². The first kappa shape index (κ1) is 18.0. The van der Waals surface area contributed by atoms with Crippen LogP contribution in [0, 0.1) is 0 Å². The molecule has 2 aromatic carbocycles. The number of ether oxygens (including phenoxy) is 1. The summed E-state index contributed by atoms with van der Waals surface area (Å²) in [5, 5.41) is 0.860. The number of aryl methyl sites for hydroxylation is 1. The number of nitrogens with one attached hydrogen (secondary N) is 1. The molecule has 124 valence electrons. The van der Waals surface area contributed by atoms with E-state index >= 15 is 0 Å². The molecule has 0 saturated carbocycles. The van der Waals surface area contributed by atoms with E-state index in [2.05, 4.69) is 20.7 Å². The second-order valence-electron chi connectivity index (χ2n) is 5.08. The fourth-order valence-electron chi connectivity index (χ4n) is 2.15. The van der Waals surface area contributed by atoms with Crippen LogP contribution in [0.1, 0.15) is 11.1 Å². The van der Waals surface area contributed by atoms with Gasteiger partial charge in [-0.25, -0.2) is 13.1 Å². The number of sulfonamides is 1. The number of benzene rings is 2. The summed E-state index contributed by atoms with van der Waals surface area (Å²) < 4.78 is 32.2. The van der Waals surface area contributed by atoms with Gasteiger partial charge in [0.15, 0.2) is 0 Å². The van der Waals surface area contributed by atoms with Crippen LogP contribution in [-0.4, -0.2) is 27.4 Å². The van der Waals surface area contributed by atoms with Crippen molar-refractivity contribution in [3.05, 3.63) is 59.7 Å². The van der Waals surface area contributed by atoms with Gasteiger partial charge in [-0.2, -0.15) is 0 Å². The maximum atomic E-state index is 12.3. The lowest BCUT2D eigenvalue weighted by Gasteiger charge is -2.08. The molecular formula is C17H20BrNO3S. The monoisotopic (exact) mass is 397 g/mol. The second-order valence-corrected chi connectivity index (χ2v) is 7.64. The van der Waals surface area contributed by atoms with E-state index in [1.54, 1.807) is 19.2 Å². The molecule has 0 bridgehead atoms. The first-order valence-electron chi connectivity index (χ1n) is 7.32. The Hall–Kier alpha value is -1.37. The smallest absolute Gasteiger partial charge is 0.240 e. The van der Waals surface area contributed by atoms with Crippen LogP contribution in [0.4, 0.5) is 0 Å². The summed E-state index contributed by atoms with van der Waals surface area (Å²) in [6, 6.07) is 14.6. The van der Waals surface area contributed by atoms with Gasteiger partial charge in [-0.1, -0.05) is 40.2 Å². The van der Waals surface area contributed by atoms with E-state index in [-0.39, 0.29) is 0 Å². The van der Waals surface area contributed by atoms with Crippen LogP contribution in [0.15, 0.2) is 53.4 Å². The number of methoxy groups -OCH3 is 1. The maximum absolute atomic E-state index is 12.3. The lowest BCUT2D eigenvalue weighted by Crippen LogP contribution is -2.26. The molecule has 0 radical (unpaired) electrons. The first-order chi connectivity index (χ1) is 11.0. The minimum Gasteiger partial charge on any atom is -0.497 e. The van der Waals surface area contributed by atoms with Crippen molar-refractivity contribution in [3.8, 4) is 5.75 Å². The highest BCUT2D eigenvalue weighted by Gasteiger charge is 2.13. The molecule has 0 amide bonds. The molecule has 1 N–H and O–H groups in total. The van der Waals surface area contributed by atoms with Crippen molar-refractivity contribution in [1.29, 1.82) is 0 Å². The van der Waals surface area contributed by atoms with E-state index in [0.29, 0.717) is 17.9 Å². The van der Waals surface area contributed by atoms with E-state index in [1.165, 1.54) is 0 Å². The fraction of sp³-hybridized carbons (Fsp3) is 0.294. The van der Waals surface area contributed by atoms with E-state index in [4.69, 9.17) is 4.74 Å². The number of alkyl halides is 1. The topological polar surface area (TPSA) is 55.4 Å². The summed E-state index contributed by atoms with van der Waals surface area (Å²) in [4.78, 5) is 0.297. The van der Waals surface area contributed by atoms with Crippen LogP contribution in [0.3, 0.4) is 0 Å². The number of hydrogen-bond acceptors (Lipinski definition) is 3. The third-order valence-corrected chi connectivity index (χ3v) is 5.36. The molecule has 0 atom stereocenters. The third kappa shape index (κ3) is 5.34. The Kier molecular flexibility index (Phi) is 6.62. The predicted octanol–water partition coefficient (Wildman–Crippen LogP) is 3.15. The molecule has 0 aromatic heterocycles. The summed E-state index contributed by atoms with van der Waals surface area (Å²) in [5.74, 6) is 0.790. The Morgan fingerprint density at radius 1 is 0.957 bits per heavy atom. The molecule has 6 heteroatoms. The molecule has 2 aromatic rings. The second kappa shape index (κ2) is 8.47. The average Bonchev–Trinajstić information content (AvgIpc) is 2.56. The van der Waals surface area contributed by atoms with Crippen LogP contribution in [-0.2, 0) is 22.9 Å². The molecule has 0 aliphatic heterocycles. The minimum absolute atomic E-state index is 0.297. The minimum atomic E-state index is -3.46. The number of rotatable bonds is 8. The fourth-order valence-corrected chi connectivity index (χ4v) is 3.64. The van der Waals surface area contributed by atoms with E-state index in [0.717, 1.165) is 28.6 Å². The lowest BCUT2D eigenvalue weighted by atomic mass is 10.1. The van der Waals surface area contributed by atoms with Gasteiger partial charge in [0.05, 0.1) is 12.0 Å². The van der Waals surface area contributed by atoms with Crippen LogP contribution in [0.5, 0.6) is 5.75 Å². The van der Waals surface area contributed by atoms with Crippen LogP contribution in [0.25, 0.3) is 0 Å². The van der Waals surface area contributed by atoms with Crippen LogP contribution >= 0.6 is 15.9 Å². The summed E-state index contributed by atoms with van der Waals surface area (Å²) >= 11 is 3.37. The molecular weight excluding hydrogens is 378 g/mol. The Balaban J connectivity index is 1.92. The highest BCUT2D eigenvalue weighted by atomic mass is 79.9. The summed E-state index contributed by atoms with van der Waals surface area (Å²) in [6.45, 7) is 0.359. The van der Waals surface area contributed by atoms with E-state index in [1.807, 2.05) is 36.4 Å². The van der Waals surface area contributed by atoms with Gasteiger partial charge in [0.1, 0.15) is 5.75 Å². The Morgan fingerprint density at radius 3 is 2.09 bits per heavy atom. The van der Waals surface area contributed by atoms with Crippen molar-refractivity contribution in [1.82, 2.24) is 4.72 Å². The molecule has 0 aliphatic rings. The van der Waals surface area contributed by atoms with Gasteiger partial charge in [-0.3, -0.25) is 0 Å². The predicted molar refractivity (Wildman–Crippen MR) is 95.8 cm³/mol. The largest absolute Gasteiger partial charge is 0.497 e. The molecule has 2 rings (SSSR count). The molecule has 0 fully saturated rings. The first-order valence-corrected chi connectivity index (χ1v) is 9.93. The zero-order valence-corrected chi connectivity index (χ0v) is 15.4. The molecule has 23 heavy (non-hydrogen) atoms. The maximum Gasteiger partial charge on any atom is 0.240 e. The van der Waals surface area contributed by atoms with Crippen molar-refractivity contribution < 1.29 is 13.2 Å². The zero-order chi connectivity index (χ0) is 16.7. The standard InChI is InChI=1S/C17H20BrNO3S/c1-22-16-6-2-15(3-7-16)11-13-19-23(20,21)17-8-4-14(5-9-17)10-12-18/h2-9,19H,10-13H2,1H3. The third-order valence-electron chi connectivity index (χ3n) is 3.48. The summed E-state index contributed by atoms with van der Waals surface area (Å²) in [5.41, 5.74) is 2.17. The van der Waals surface area contributed by atoms with Gasteiger partial charge in [-0.15, -0.1) is 0 Å². The van der Waals surface area contributed by atoms with Gasteiger partial charge < -0.3 is 4.74 Å². The molecule has 0 saturated heterocycles. The van der Waals surface area contributed by atoms with Crippen molar-refractivity contribution >= 4 is 26.0 Å². The van der Waals surface area contributed by atoms with Gasteiger partial charge >= 0.3 is 0 Å². The Bertz CT molecular complexity index is 713. The van der Waals surface area contributed by atoms with E-state index < -0.39 is 10.0 Å². The quantitative estimate of drug-likeness (QED) is 0.695. The molecule has 0 unspecified atom stereocenters. The van der Waals surface area contributed by atoms with Gasteiger partial charge in [-0.05, 0) is 48.2 Å². The van der Waals surface area contributed by atoms with Crippen molar-refractivity contribution in [2.24, 2.45) is 0 Å². The van der Waals surface area contributed by atoms with E-state index in [9.17, 15) is 8.42 Å². The van der Waals surface area contributed by atoms with Gasteiger partial charge in [0, 0.05) is 11.9 Å². The molecule has 0 heterocycles. The summed E-state index contributed by atoms with van der Waals surface area (Å²) in [6.07, 6.45) is 1.51. The van der Waals surface area contributed by atoms with Crippen molar-refractivity contribution in [2.75, 3.05) is 19.0 Å². The number of hydrogen-bond donors (Lipinski definition) is 1. The highest BCUT2D eigenvalue weighted by molar-refractivity contribution is 9.09. The van der Waals surface area contributed by atoms with Crippen LogP contribution in [0.2, 0.25) is 0 Å². The molecule has 4 nitrogen and oxygen atoms in total. The van der Waals surface area contributed by atoms with Crippen molar-refractivity contribution in [3.63, 3.8) is 0 Å². The van der Waals surface area contributed by atoms with Gasteiger partial charge in [0.25, 0.3) is 0 Å². The molecule has 0 spiro atoms. The SMILES string of the molecule is COc1ccc(CCNS(=O)(=O)c2ccc(CCBr)cc2)cc1. The Labute approximate surface area is 146 Å². The number of halogens is 1. The lowest BCUT2D eigenvalue weighted by molar-refractivity contribution is 0.414.